The second-order valence-electron chi connectivity index (χ2n) is 4.48. The van der Waals surface area contributed by atoms with Crippen molar-refractivity contribution in [2.75, 3.05) is 11.9 Å². The standard InChI is InChI=1S/C15H16N4/c1-2-6-14-13(5-1)15(7-9-18-14)17-8-3-4-12-10-16-11-19-12/h1-2,5-7,9-11H,3-4,8H2,(H,16,19)(H,17,18). The number of para-hydroxylation sites is 1. The third kappa shape index (κ3) is 2.73. The zero-order valence-electron chi connectivity index (χ0n) is 10.6. The lowest BCUT2D eigenvalue weighted by atomic mass is 10.2. The average molecular weight is 252 g/mol. The van der Waals surface area contributed by atoms with E-state index in [0.717, 1.165) is 30.6 Å². The van der Waals surface area contributed by atoms with E-state index in [9.17, 15) is 0 Å². The van der Waals surface area contributed by atoms with Crippen molar-refractivity contribution in [1.82, 2.24) is 15.0 Å². The largest absolute Gasteiger partial charge is 0.384 e. The van der Waals surface area contributed by atoms with Gasteiger partial charge in [0, 0.05) is 35.7 Å². The molecule has 4 nitrogen and oxygen atoms in total. The van der Waals surface area contributed by atoms with Crippen LogP contribution >= 0.6 is 0 Å². The van der Waals surface area contributed by atoms with Crippen molar-refractivity contribution >= 4 is 16.6 Å². The molecule has 0 saturated carbocycles. The van der Waals surface area contributed by atoms with Crippen molar-refractivity contribution in [2.45, 2.75) is 12.8 Å². The highest BCUT2D eigenvalue weighted by Crippen LogP contribution is 2.20. The van der Waals surface area contributed by atoms with E-state index in [1.54, 1.807) is 6.33 Å². The van der Waals surface area contributed by atoms with Crippen LogP contribution in [0.5, 0.6) is 0 Å². The van der Waals surface area contributed by atoms with Gasteiger partial charge in [0.1, 0.15) is 0 Å². The maximum absolute atomic E-state index is 4.36. The van der Waals surface area contributed by atoms with E-state index in [4.69, 9.17) is 0 Å². The van der Waals surface area contributed by atoms with Gasteiger partial charge >= 0.3 is 0 Å². The van der Waals surface area contributed by atoms with Crippen LogP contribution in [-0.2, 0) is 6.42 Å². The van der Waals surface area contributed by atoms with Crippen molar-refractivity contribution in [2.24, 2.45) is 0 Å². The fraction of sp³-hybridized carbons (Fsp3) is 0.200. The summed E-state index contributed by atoms with van der Waals surface area (Å²) >= 11 is 0. The zero-order chi connectivity index (χ0) is 12.9. The SMILES string of the molecule is c1ccc2c(NCCCc3cnc[nH]3)ccnc2c1. The molecule has 0 bridgehead atoms. The number of hydrogen-bond acceptors (Lipinski definition) is 3. The summed E-state index contributed by atoms with van der Waals surface area (Å²) in [6, 6.07) is 10.2. The average Bonchev–Trinajstić information content (AvgIpc) is 2.97. The molecule has 2 heterocycles. The summed E-state index contributed by atoms with van der Waals surface area (Å²) in [6.07, 6.45) is 7.52. The van der Waals surface area contributed by atoms with Gasteiger partial charge in [0.05, 0.1) is 11.8 Å². The molecule has 3 aromatic rings. The molecule has 0 aliphatic carbocycles. The van der Waals surface area contributed by atoms with Crippen LogP contribution in [0.2, 0.25) is 0 Å². The number of nitrogens with zero attached hydrogens (tertiary/aromatic N) is 2. The topological polar surface area (TPSA) is 53.6 Å². The smallest absolute Gasteiger partial charge is 0.0921 e. The summed E-state index contributed by atoms with van der Waals surface area (Å²) in [5.41, 5.74) is 3.36. The summed E-state index contributed by atoms with van der Waals surface area (Å²) in [6.45, 7) is 0.938. The van der Waals surface area contributed by atoms with Crippen LogP contribution in [0.25, 0.3) is 10.9 Å². The maximum atomic E-state index is 4.36. The Kier molecular flexibility index (Phi) is 3.40. The van der Waals surface area contributed by atoms with Crippen LogP contribution in [0.15, 0.2) is 49.1 Å². The lowest BCUT2D eigenvalue weighted by Crippen LogP contribution is -2.03. The minimum absolute atomic E-state index is 0.938. The minimum Gasteiger partial charge on any atom is -0.384 e. The molecule has 19 heavy (non-hydrogen) atoms. The second kappa shape index (κ2) is 5.52. The lowest BCUT2D eigenvalue weighted by molar-refractivity contribution is 0.843. The van der Waals surface area contributed by atoms with Crippen LogP contribution in [0.3, 0.4) is 0 Å². The molecule has 0 spiro atoms. The Hall–Kier alpha value is -2.36. The van der Waals surface area contributed by atoms with Crippen LogP contribution in [-0.4, -0.2) is 21.5 Å². The highest BCUT2D eigenvalue weighted by atomic mass is 14.9. The molecule has 0 radical (unpaired) electrons. The molecule has 2 N–H and O–H groups in total. The van der Waals surface area contributed by atoms with Crippen LogP contribution < -0.4 is 5.32 Å². The first-order chi connectivity index (χ1) is 9.43. The second-order valence-corrected chi connectivity index (χ2v) is 4.48. The van der Waals surface area contributed by atoms with Gasteiger partial charge in [-0.1, -0.05) is 18.2 Å². The van der Waals surface area contributed by atoms with Gasteiger partial charge in [-0.25, -0.2) is 4.98 Å². The Labute approximate surface area is 111 Å². The number of aromatic nitrogens is 3. The molecule has 1 aromatic carbocycles. The molecular weight excluding hydrogens is 236 g/mol. The van der Waals surface area contributed by atoms with Gasteiger partial charge in [-0.3, -0.25) is 4.98 Å². The molecule has 0 saturated heterocycles. The number of H-pyrrole nitrogens is 1. The number of anilines is 1. The normalized spacial score (nSPS) is 10.7. The Bertz CT molecular complexity index is 641. The number of hydrogen-bond donors (Lipinski definition) is 2. The summed E-state index contributed by atoms with van der Waals surface area (Å²) < 4.78 is 0. The molecule has 0 amide bonds. The molecule has 0 aliphatic rings. The van der Waals surface area contributed by atoms with Gasteiger partial charge in [-0.2, -0.15) is 0 Å². The first-order valence-electron chi connectivity index (χ1n) is 6.48. The van der Waals surface area contributed by atoms with E-state index >= 15 is 0 Å². The Balaban J connectivity index is 1.62. The van der Waals surface area contributed by atoms with Crippen molar-refractivity contribution in [3.05, 3.63) is 54.7 Å². The molecule has 4 heteroatoms. The van der Waals surface area contributed by atoms with Crippen molar-refractivity contribution in [1.29, 1.82) is 0 Å². The van der Waals surface area contributed by atoms with E-state index in [1.165, 1.54) is 11.1 Å². The number of nitrogens with one attached hydrogen (secondary N) is 2. The Morgan fingerprint density at radius 1 is 1.16 bits per heavy atom. The Morgan fingerprint density at radius 3 is 3.00 bits per heavy atom. The minimum atomic E-state index is 0.938. The number of benzene rings is 1. The predicted molar refractivity (Wildman–Crippen MR) is 77.1 cm³/mol. The zero-order valence-corrected chi connectivity index (χ0v) is 10.6. The third-order valence-corrected chi connectivity index (χ3v) is 3.14. The van der Waals surface area contributed by atoms with Gasteiger partial charge in [0.15, 0.2) is 0 Å². The maximum Gasteiger partial charge on any atom is 0.0921 e. The molecular formula is C15H16N4. The van der Waals surface area contributed by atoms with Gasteiger partial charge in [-0.05, 0) is 25.0 Å². The van der Waals surface area contributed by atoms with Gasteiger partial charge in [0.2, 0.25) is 0 Å². The highest BCUT2D eigenvalue weighted by molar-refractivity contribution is 5.90. The number of rotatable bonds is 5. The lowest BCUT2D eigenvalue weighted by Gasteiger charge is -2.08. The number of aromatic amines is 1. The summed E-state index contributed by atoms with van der Waals surface area (Å²) in [4.78, 5) is 11.5. The molecule has 0 aliphatic heterocycles. The van der Waals surface area contributed by atoms with E-state index in [2.05, 4.69) is 26.3 Å². The number of aryl methyl sites for hydroxylation is 1. The number of fused-ring (bicyclic) bond motifs is 1. The fourth-order valence-electron chi connectivity index (χ4n) is 2.17. The van der Waals surface area contributed by atoms with Crippen molar-refractivity contribution in [3.63, 3.8) is 0 Å². The highest BCUT2D eigenvalue weighted by Gasteiger charge is 2.00. The first-order valence-corrected chi connectivity index (χ1v) is 6.48. The first kappa shape index (κ1) is 11.7. The van der Waals surface area contributed by atoms with Crippen molar-refractivity contribution in [3.8, 4) is 0 Å². The monoisotopic (exact) mass is 252 g/mol. The van der Waals surface area contributed by atoms with Crippen molar-refractivity contribution < 1.29 is 0 Å². The number of pyridine rings is 1. The quantitative estimate of drug-likeness (QED) is 0.686. The van der Waals surface area contributed by atoms with Gasteiger partial charge < -0.3 is 10.3 Å². The molecule has 0 unspecified atom stereocenters. The summed E-state index contributed by atoms with van der Waals surface area (Å²) in [7, 11) is 0. The molecule has 3 rings (SSSR count). The van der Waals surface area contributed by atoms with Gasteiger partial charge in [-0.15, -0.1) is 0 Å². The summed E-state index contributed by atoms with van der Waals surface area (Å²) in [5, 5.41) is 4.65. The molecule has 96 valence electrons. The Morgan fingerprint density at radius 2 is 2.11 bits per heavy atom. The number of imidazole rings is 1. The van der Waals surface area contributed by atoms with E-state index in [1.807, 2.05) is 36.7 Å². The molecule has 0 atom stereocenters. The van der Waals surface area contributed by atoms with Crippen LogP contribution in [0, 0.1) is 0 Å². The van der Waals surface area contributed by atoms with Gasteiger partial charge in [0.25, 0.3) is 0 Å². The predicted octanol–water partition coefficient (Wildman–Crippen LogP) is 3.00. The summed E-state index contributed by atoms with van der Waals surface area (Å²) in [5.74, 6) is 0. The van der Waals surface area contributed by atoms with E-state index in [-0.39, 0.29) is 0 Å². The van der Waals surface area contributed by atoms with E-state index < -0.39 is 0 Å². The van der Waals surface area contributed by atoms with Crippen LogP contribution in [0.1, 0.15) is 12.1 Å². The van der Waals surface area contributed by atoms with Crippen LogP contribution in [0.4, 0.5) is 5.69 Å². The van der Waals surface area contributed by atoms with E-state index in [0.29, 0.717) is 0 Å². The third-order valence-electron chi connectivity index (χ3n) is 3.14. The molecule has 2 aromatic heterocycles. The fourth-order valence-corrected chi connectivity index (χ4v) is 2.17. The molecule has 0 fully saturated rings.